The van der Waals surface area contributed by atoms with Gasteiger partial charge in [0.15, 0.2) is 0 Å². The van der Waals surface area contributed by atoms with E-state index in [1.165, 1.54) is 5.57 Å². The summed E-state index contributed by atoms with van der Waals surface area (Å²) in [6.07, 6.45) is 7.17. The summed E-state index contributed by atoms with van der Waals surface area (Å²) in [6.45, 7) is 4.22. The Kier molecular flexibility index (Phi) is 1.93. The van der Waals surface area contributed by atoms with E-state index in [2.05, 4.69) is 19.9 Å². The van der Waals surface area contributed by atoms with Crippen LogP contribution in [0.25, 0.3) is 0 Å². The highest BCUT2D eigenvalue weighted by Crippen LogP contribution is 2.13. The number of hydrogen-bond acceptors (Lipinski definition) is 1. The van der Waals surface area contributed by atoms with Crippen molar-refractivity contribution in [2.75, 3.05) is 0 Å². The third-order valence-corrected chi connectivity index (χ3v) is 1.56. The lowest BCUT2D eigenvalue weighted by Gasteiger charge is -2.17. The van der Waals surface area contributed by atoms with Crippen molar-refractivity contribution in [3.8, 4) is 0 Å². The molecule has 0 bridgehead atoms. The van der Waals surface area contributed by atoms with E-state index in [1.54, 1.807) is 6.26 Å². The molecule has 0 aliphatic carbocycles. The predicted octanol–water partition coefficient (Wildman–Crippen LogP) is 2.26. The molecule has 0 saturated heterocycles. The van der Waals surface area contributed by atoms with Crippen LogP contribution < -0.4 is 0 Å². The smallest absolute Gasteiger partial charge is 0.119 e. The van der Waals surface area contributed by atoms with Crippen LogP contribution in [-0.4, -0.2) is 6.10 Å². The van der Waals surface area contributed by atoms with Gasteiger partial charge >= 0.3 is 0 Å². The van der Waals surface area contributed by atoms with Crippen molar-refractivity contribution in [3.63, 3.8) is 0 Å². The van der Waals surface area contributed by atoms with E-state index in [9.17, 15) is 0 Å². The van der Waals surface area contributed by atoms with Gasteiger partial charge in [-0.25, -0.2) is 0 Å². The van der Waals surface area contributed by atoms with Gasteiger partial charge in [0.25, 0.3) is 0 Å². The second kappa shape index (κ2) is 2.72. The molecule has 0 amide bonds. The SMILES string of the molecule is CCC1OC=CC=C1C. The lowest BCUT2D eigenvalue weighted by atomic mass is 10.1. The Morgan fingerprint density at radius 3 is 2.89 bits per heavy atom. The molecule has 0 aromatic carbocycles. The summed E-state index contributed by atoms with van der Waals surface area (Å²) >= 11 is 0. The van der Waals surface area contributed by atoms with Gasteiger partial charge < -0.3 is 4.74 Å². The maximum atomic E-state index is 5.29. The first-order valence-electron chi connectivity index (χ1n) is 3.33. The van der Waals surface area contributed by atoms with Gasteiger partial charge in [-0.2, -0.15) is 0 Å². The lowest BCUT2D eigenvalue weighted by Crippen LogP contribution is -2.11. The fourth-order valence-electron chi connectivity index (χ4n) is 0.964. The van der Waals surface area contributed by atoms with Crippen LogP contribution in [0.5, 0.6) is 0 Å². The quantitative estimate of drug-likeness (QED) is 0.521. The van der Waals surface area contributed by atoms with E-state index in [1.807, 2.05) is 6.08 Å². The summed E-state index contributed by atoms with van der Waals surface area (Å²) in [7, 11) is 0. The number of hydrogen-bond donors (Lipinski definition) is 0. The minimum atomic E-state index is 0.329. The standard InChI is InChI=1S/C8H12O/c1-3-8-7(2)5-4-6-9-8/h4-6,8H,3H2,1-2H3. The molecule has 1 heterocycles. The minimum absolute atomic E-state index is 0.329. The first-order valence-corrected chi connectivity index (χ1v) is 3.33. The Morgan fingerprint density at radius 1 is 1.67 bits per heavy atom. The summed E-state index contributed by atoms with van der Waals surface area (Å²) in [6, 6.07) is 0. The maximum absolute atomic E-state index is 5.29. The normalized spacial score (nSPS) is 25.1. The van der Waals surface area contributed by atoms with Crippen molar-refractivity contribution in [2.45, 2.75) is 26.4 Å². The Morgan fingerprint density at radius 2 is 2.44 bits per heavy atom. The Hall–Kier alpha value is -0.720. The first kappa shape index (κ1) is 6.40. The number of rotatable bonds is 1. The zero-order valence-corrected chi connectivity index (χ0v) is 5.92. The van der Waals surface area contributed by atoms with Gasteiger partial charge in [0.2, 0.25) is 0 Å². The second-order valence-corrected chi connectivity index (χ2v) is 2.27. The maximum Gasteiger partial charge on any atom is 0.119 e. The highest BCUT2D eigenvalue weighted by molar-refractivity contribution is 5.16. The molecule has 0 N–H and O–H groups in total. The van der Waals surface area contributed by atoms with E-state index in [-0.39, 0.29) is 0 Å². The molecule has 1 rings (SSSR count). The molecule has 0 aromatic rings. The molecule has 1 unspecified atom stereocenters. The summed E-state index contributed by atoms with van der Waals surface area (Å²) in [4.78, 5) is 0. The summed E-state index contributed by atoms with van der Waals surface area (Å²) < 4.78 is 5.29. The van der Waals surface area contributed by atoms with Crippen molar-refractivity contribution in [1.29, 1.82) is 0 Å². The van der Waals surface area contributed by atoms with Gasteiger partial charge in [0.1, 0.15) is 6.10 Å². The van der Waals surface area contributed by atoms with E-state index in [0.717, 1.165) is 6.42 Å². The van der Waals surface area contributed by atoms with E-state index in [0.29, 0.717) is 6.10 Å². The largest absolute Gasteiger partial charge is 0.494 e. The number of ether oxygens (including phenoxy) is 1. The molecule has 1 atom stereocenters. The molecule has 1 aliphatic rings. The lowest BCUT2D eigenvalue weighted by molar-refractivity contribution is 0.168. The van der Waals surface area contributed by atoms with E-state index < -0.39 is 0 Å². The van der Waals surface area contributed by atoms with Gasteiger partial charge in [-0.15, -0.1) is 0 Å². The molecule has 0 spiro atoms. The van der Waals surface area contributed by atoms with Crippen LogP contribution in [0, 0.1) is 0 Å². The molecule has 1 aliphatic heterocycles. The minimum Gasteiger partial charge on any atom is -0.494 e. The highest BCUT2D eigenvalue weighted by Gasteiger charge is 2.08. The Bertz CT molecular complexity index is 145. The second-order valence-electron chi connectivity index (χ2n) is 2.27. The molecule has 9 heavy (non-hydrogen) atoms. The molecule has 0 fully saturated rings. The van der Waals surface area contributed by atoms with Crippen molar-refractivity contribution >= 4 is 0 Å². The van der Waals surface area contributed by atoms with Gasteiger partial charge in [0, 0.05) is 0 Å². The Labute approximate surface area is 56.0 Å². The van der Waals surface area contributed by atoms with Crippen LogP contribution in [0.4, 0.5) is 0 Å². The van der Waals surface area contributed by atoms with Gasteiger partial charge in [-0.1, -0.05) is 13.0 Å². The van der Waals surface area contributed by atoms with Crippen LogP contribution in [0.15, 0.2) is 24.0 Å². The average Bonchev–Trinajstić information content (AvgIpc) is 1.89. The molecular weight excluding hydrogens is 112 g/mol. The molecule has 0 aromatic heterocycles. The van der Waals surface area contributed by atoms with Crippen molar-refractivity contribution in [3.05, 3.63) is 24.0 Å². The van der Waals surface area contributed by atoms with Crippen LogP contribution >= 0.6 is 0 Å². The molecule has 0 saturated carbocycles. The predicted molar refractivity (Wildman–Crippen MR) is 38.1 cm³/mol. The molecule has 1 heteroatoms. The molecular formula is C8H12O. The number of allylic oxidation sites excluding steroid dienone is 2. The topological polar surface area (TPSA) is 9.23 Å². The van der Waals surface area contributed by atoms with Gasteiger partial charge in [-0.05, 0) is 25.0 Å². The van der Waals surface area contributed by atoms with Crippen LogP contribution in [0.3, 0.4) is 0 Å². The molecule has 50 valence electrons. The van der Waals surface area contributed by atoms with Crippen LogP contribution in [-0.2, 0) is 4.74 Å². The molecule has 1 nitrogen and oxygen atoms in total. The summed E-state index contributed by atoms with van der Waals surface area (Å²) in [5, 5.41) is 0. The van der Waals surface area contributed by atoms with Crippen LogP contribution in [0.2, 0.25) is 0 Å². The summed E-state index contributed by atoms with van der Waals surface area (Å²) in [5.74, 6) is 0. The zero-order chi connectivity index (χ0) is 6.69. The monoisotopic (exact) mass is 124 g/mol. The summed E-state index contributed by atoms with van der Waals surface area (Å²) in [5.41, 5.74) is 1.32. The van der Waals surface area contributed by atoms with E-state index in [4.69, 9.17) is 4.74 Å². The van der Waals surface area contributed by atoms with Gasteiger partial charge in [-0.3, -0.25) is 0 Å². The van der Waals surface area contributed by atoms with Crippen molar-refractivity contribution in [1.82, 2.24) is 0 Å². The Balaban J connectivity index is 2.59. The third-order valence-electron chi connectivity index (χ3n) is 1.56. The van der Waals surface area contributed by atoms with E-state index >= 15 is 0 Å². The molecule has 0 radical (unpaired) electrons. The average molecular weight is 124 g/mol. The zero-order valence-electron chi connectivity index (χ0n) is 5.92. The fourth-order valence-corrected chi connectivity index (χ4v) is 0.964. The highest BCUT2D eigenvalue weighted by atomic mass is 16.5. The fraction of sp³-hybridized carbons (Fsp3) is 0.500. The van der Waals surface area contributed by atoms with Crippen molar-refractivity contribution in [2.24, 2.45) is 0 Å². The van der Waals surface area contributed by atoms with Gasteiger partial charge in [0.05, 0.1) is 6.26 Å². The third kappa shape index (κ3) is 1.35. The van der Waals surface area contributed by atoms with Crippen molar-refractivity contribution < 1.29 is 4.74 Å². The first-order chi connectivity index (χ1) is 4.34. The van der Waals surface area contributed by atoms with Crippen LogP contribution in [0.1, 0.15) is 20.3 Å².